The quantitative estimate of drug-likeness (QED) is 0.552. The van der Waals surface area contributed by atoms with Crippen molar-refractivity contribution in [2.24, 2.45) is 0 Å². The van der Waals surface area contributed by atoms with E-state index in [0.717, 1.165) is 11.3 Å². The van der Waals surface area contributed by atoms with Gasteiger partial charge in [-0.3, -0.25) is 4.79 Å². The molecular weight excluding hydrogens is 214 g/mol. The van der Waals surface area contributed by atoms with E-state index in [2.05, 4.69) is 4.98 Å². The lowest BCUT2D eigenvalue weighted by Gasteiger charge is -2.03. The second-order valence-electron chi connectivity index (χ2n) is 4.17. The predicted octanol–water partition coefficient (Wildman–Crippen LogP) is 2.96. The number of nitrogens with zero attached hydrogens (tertiary/aromatic N) is 1. The smallest absolute Gasteiger partial charge is 0.230 e. The zero-order valence-electron chi connectivity index (χ0n) is 9.65. The van der Waals surface area contributed by atoms with Crippen LogP contribution in [0.4, 0.5) is 0 Å². The lowest BCUT2D eigenvalue weighted by Crippen LogP contribution is -2.04. The van der Waals surface area contributed by atoms with Crippen molar-refractivity contribution in [2.45, 2.75) is 13.8 Å². The minimum atomic E-state index is -0.0162. The molecule has 1 aromatic carbocycles. The topological polar surface area (TPSA) is 43.1 Å². The fourth-order valence-electron chi connectivity index (χ4n) is 1.92. The summed E-state index contributed by atoms with van der Waals surface area (Å²) in [4.78, 5) is 16.6. The summed E-state index contributed by atoms with van der Waals surface area (Å²) in [5.41, 5.74) is 2.87. The number of rotatable bonds is 0. The Morgan fingerprint density at radius 2 is 1.88 bits per heavy atom. The number of pyridine rings is 1. The largest absolute Gasteiger partial charge is 0.437 e. The molecule has 0 N–H and O–H groups in total. The van der Waals surface area contributed by atoms with Crippen molar-refractivity contribution in [3.05, 3.63) is 51.8 Å². The number of aryl methyl sites for hydroxylation is 2. The number of aromatic nitrogens is 1. The average molecular weight is 225 g/mol. The molecule has 17 heavy (non-hydrogen) atoms. The van der Waals surface area contributed by atoms with Gasteiger partial charge in [-0.2, -0.15) is 0 Å². The van der Waals surface area contributed by atoms with Gasteiger partial charge in [0.15, 0.2) is 0 Å². The SMILES string of the molecule is Cc1cc2c(=O)c3ccccc3oc2nc1C. The highest BCUT2D eigenvalue weighted by molar-refractivity contribution is 5.88. The standard InChI is InChI=1S/C14H11NO2/c1-8-7-11-13(16)10-5-3-4-6-12(10)17-14(11)15-9(8)2/h3-7H,1-2H3. The maximum Gasteiger partial charge on any atom is 0.230 e. The molecule has 3 heteroatoms. The molecule has 84 valence electrons. The summed E-state index contributed by atoms with van der Waals surface area (Å²) in [7, 11) is 0. The van der Waals surface area contributed by atoms with Crippen LogP contribution in [0.3, 0.4) is 0 Å². The highest BCUT2D eigenvalue weighted by Crippen LogP contribution is 2.18. The summed E-state index contributed by atoms with van der Waals surface area (Å²) in [6.07, 6.45) is 0. The fourth-order valence-corrected chi connectivity index (χ4v) is 1.92. The van der Waals surface area contributed by atoms with Crippen LogP contribution in [0.15, 0.2) is 39.5 Å². The van der Waals surface area contributed by atoms with E-state index in [4.69, 9.17) is 4.42 Å². The maximum atomic E-state index is 12.3. The molecule has 0 aliphatic heterocycles. The van der Waals surface area contributed by atoms with Crippen molar-refractivity contribution in [1.29, 1.82) is 0 Å². The number of hydrogen-bond donors (Lipinski definition) is 0. The van der Waals surface area contributed by atoms with Gasteiger partial charge in [0.2, 0.25) is 11.1 Å². The van der Waals surface area contributed by atoms with Gasteiger partial charge in [-0.1, -0.05) is 12.1 Å². The minimum Gasteiger partial charge on any atom is -0.437 e. The van der Waals surface area contributed by atoms with E-state index in [9.17, 15) is 4.79 Å². The third-order valence-electron chi connectivity index (χ3n) is 3.01. The van der Waals surface area contributed by atoms with Gasteiger partial charge in [0.25, 0.3) is 0 Å². The highest BCUT2D eigenvalue weighted by atomic mass is 16.3. The van der Waals surface area contributed by atoms with E-state index >= 15 is 0 Å². The Bertz CT molecular complexity index is 787. The Kier molecular flexibility index (Phi) is 2.01. The lowest BCUT2D eigenvalue weighted by molar-refractivity contribution is 0.643. The normalized spacial score (nSPS) is 11.2. The van der Waals surface area contributed by atoms with Crippen LogP contribution in [0.5, 0.6) is 0 Å². The number of para-hydroxylation sites is 1. The Hall–Kier alpha value is -2.16. The number of fused-ring (bicyclic) bond motifs is 2. The second kappa shape index (κ2) is 3.42. The third-order valence-corrected chi connectivity index (χ3v) is 3.01. The summed E-state index contributed by atoms with van der Waals surface area (Å²) < 4.78 is 5.65. The van der Waals surface area contributed by atoms with Crippen LogP contribution in [-0.2, 0) is 0 Å². The number of hydrogen-bond acceptors (Lipinski definition) is 3. The van der Waals surface area contributed by atoms with Gasteiger partial charge in [-0.15, -0.1) is 0 Å². The van der Waals surface area contributed by atoms with Crippen molar-refractivity contribution >= 4 is 22.1 Å². The molecule has 2 heterocycles. The molecule has 3 nitrogen and oxygen atoms in total. The van der Waals surface area contributed by atoms with E-state index in [1.807, 2.05) is 32.0 Å². The van der Waals surface area contributed by atoms with Crippen molar-refractivity contribution in [1.82, 2.24) is 4.98 Å². The molecule has 2 aromatic heterocycles. The molecule has 0 bridgehead atoms. The first-order chi connectivity index (χ1) is 8.16. The van der Waals surface area contributed by atoms with Gasteiger partial charge in [-0.25, -0.2) is 4.98 Å². The summed E-state index contributed by atoms with van der Waals surface area (Å²) >= 11 is 0. The first-order valence-electron chi connectivity index (χ1n) is 5.46. The van der Waals surface area contributed by atoms with Gasteiger partial charge in [-0.05, 0) is 37.6 Å². The maximum absolute atomic E-state index is 12.3. The summed E-state index contributed by atoms with van der Waals surface area (Å²) in [6, 6.07) is 9.08. The Labute approximate surface area is 97.7 Å². The molecule has 0 radical (unpaired) electrons. The molecule has 0 amide bonds. The first-order valence-corrected chi connectivity index (χ1v) is 5.46. The Morgan fingerprint density at radius 3 is 2.71 bits per heavy atom. The Morgan fingerprint density at radius 1 is 1.12 bits per heavy atom. The van der Waals surface area contributed by atoms with Crippen LogP contribution in [0.1, 0.15) is 11.3 Å². The van der Waals surface area contributed by atoms with Crippen molar-refractivity contribution < 1.29 is 4.42 Å². The molecule has 0 atom stereocenters. The van der Waals surface area contributed by atoms with Gasteiger partial charge in [0, 0.05) is 5.69 Å². The van der Waals surface area contributed by atoms with Crippen molar-refractivity contribution in [3.63, 3.8) is 0 Å². The van der Waals surface area contributed by atoms with Gasteiger partial charge in [0.1, 0.15) is 5.58 Å². The minimum absolute atomic E-state index is 0.0162. The zero-order valence-corrected chi connectivity index (χ0v) is 9.65. The molecule has 0 saturated carbocycles. The molecule has 0 spiro atoms. The van der Waals surface area contributed by atoms with Crippen LogP contribution >= 0.6 is 0 Å². The van der Waals surface area contributed by atoms with E-state index in [1.54, 1.807) is 12.1 Å². The van der Waals surface area contributed by atoms with Crippen LogP contribution in [-0.4, -0.2) is 4.98 Å². The molecule has 0 fully saturated rings. The highest BCUT2D eigenvalue weighted by Gasteiger charge is 2.09. The van der Waals surface area contributed by atoms with E-state index in [-0.39, 0.29) is 5.43 Å². The summed E-state index contributed by atoms with van der Waals surface area (Å²) in [5, 5.41) is 1.15. The molecule has 0 aliphatic rings. The summed E-state index contributed by atoms with van der Waals surface area (Å²) in [5.74, 6) is 0. The monoisotopic (exact) mass is 225 g/mol. The average Bonchev–Trinajstić information content (AvgIpc) is 2.32. The predicted molar refractivity (Wildman–Crippen MR) is 67.3 cm³/mol. The second-order valence-corrected chi connectivity index (χ2v) is 4.17. The fraction of sp³-hybridized carbons (Fsp3) is 0.143. The van der Waals surface area contributed by atoms with Crippen molar-refractivity contribution in [3.8, 4) is 0 Å². The van der Waals surface area contributed by atoms with Crippen LogP contribution in [0, 0.1) is 13.8 Å². The van der Waals surface area contributed by atoms with Gasteiger partial charge in [0.05, 0.1) is 10.8 Å². The summed E-state index contributed by atoms with van der Waals surface area (Å²) in [6.45, 7) is 3.85. The van der Waals surface area contributed by atoms with Crippen LogP contribution in [0.25, 0.3) is 22.1 Å². The van der Waals surface area contributed by atoms with Crippen LogP contribution < -0.4 is 5.43 Å². The Balaban J connectivity index is 2.60. The zero-order chi connectivity index (χ0) is 12.0. The van der Waals surface area contributed by atoms with Gasteiger partial charge >= 0.3 is 0 Å². The first kappa shape index (κ1) is 10.0. The lowest BCUT2D eigenvalue weighted by atomic mass is 10.1. The molecule has 0 unspecified atom stereocenters. The van der Waals surface area contributed by atoms with Gasteiger partial charge < -0.3 is 4.42 Å². The molecular formula is C14H11NO2. The van der Waals surface area contributed by atoms with Crippen molar-refractivity contribution in [2.75, 3.05) is 0 Å². The molecule has 0 aliphatic carbocycles. The van der Waals surface area contributed by atoms with E-state index in [0.29, 0.717) is 22.1 Å². The molecule has 3 aromatic rings. The third kappa shape index (κ3) is 1.43. The molecule has 3 rings (SSSR count). The van der Waals surface area contributed by atoms with E-state index < -0.39 is 0 Å². The van der Waals surface area contributed by atoms with E-state index in [1.165, 1.54) is 0 Å². The van der Waals surface area contributed by atoms with Crippen LogP contribution in [0.2, 0.25) is 0 Å². The molecule has 0 saturated heterocycles. The number of benzene rings is 1.